The molecule has 7 aromatic carbocycles. The minimum Gasteiger partial charge on any atom is -0.456 e. The van der Waals surface area contributed by atoms with Crippen LogP contribution in [-0.4, -0.2) is 4.57 Å². The summed E-state index contributed by atoms with van der Waals surface area (Å²) in [5.74, 6) is 0. The van der Waals surface area contributed by atoms with E-state index in [4.69, 9.17) is 8.83 Å². The lowest BCUT2D eigenvalue weighted by Gasteiger charge is -2.12. The van der Waals surface area contributed by atoms with Crippen molar-refractivity contribution >= 4 is 65.7 Å². The van der Waals surface area contributed by atoms with E-state index in [1.54, 1.807) is 0 Å². The summed E-state index contributed by atoms with van der Waals surface area (Å²) in [6.07, 6.45) is 0. The van der Waals surface area contributed by atoms with Crippen molar-refractivity contribution in [3.63, 3.8) is 0 Å². The van der Waals surface area contributed by atoms with E-state index in [9.17, 15) is 0 Å². The molecule has 10 aromatic rings. The molecule has 3 heterocycles. The van der Waals surface area contributed by atoms with Gasteiger partial charge in [-0.15, -0.1) is 0 Å². The van der Waals surface area contributed by atoms with Crippen LogP contribution in [0, 0.1) is 0 Å². The third kappa shape index (κ3) is 3.52. The van der Waals surface area contributed by atoms with Crippen molar-refractivity contribution in [1.29, 1.82) is 0 Å². The van der Waals surface area contributed by atoms with Crippen molar-refractivity contribution in [3.05, 3.63) is 152 Å². The summed E-state index contributed by atoms with van der Waals surface area (Å²) in [6.45, 7) is 0. The molecule has 0 bridgehead atoms. The van der Waals surface area contributed by atoms with E-state index in [0.29, 0.717) is 0 Å². The first-order valence-electron chi connectivity index (χ1n) is 15.3. The van der Waals surface area contributed by atoms with Gasteiger partial charge in [-0.1, -0.05) is 103 Å². The minimum atomic E-state index is 0.892. The van der Waals surface area contributed by atoms with Crippen molar-refractivity contribution in [2.75, 3.05) is 0 Å². The number of para-hydroxylation sites is 3. The lowest BCUT2D eigenvalue weighted by atomic mass is 9.97. The molecule has 0 atom stereocenters. The van der Waals surface area contributed by atoms with Gasteiger partial charge in [0.15, 0.2) is 5.58 Å². The molecule has 3 aromatic heterocycles. The Morgan fingerprint density at radius 1 is 0.400 bits per heavy atom. The summed E-state index contributed by atoms with van der Waals surface area (Å²) < 4.78 is 15.3. The van der Waals surface area contributed by atoms with Gasteiger partial charge in [-0.25, -0.2) is 0 Å². The minimum absolute atomic E-state index is 0.892. The summed E-state index contributed by atoms with van der Waals surface area (Å²) in [4.78, 5) is 0. The summed E-state index contributed by atoms with van der Waals surface area (Å²) in [6, 6.07) is 53.6. The number of rotatable bonds is 3. The summed E-state index contributed by atoms with van der Waals surface area (Å²) in [5, 5.41) is 6.90. The second-order valence-corrected chi connectivity index (χ2v) is 11.7. The number of aromatic nitrogens is 1. The van der Waals surface area contributed by atoms with Crippen LogP contribution in [0.4, 0.5) is 0 Å². The number of benzene rings is 7. The Morgan fingerprint density at radius 2 is 1.07 bits per heavy atom. The maximum absolute atomic E-state index is 6.78. The van der Waals surface area contributed by atoms with Gasteiger partial charge in [0.25, 0.3) is 0 Å². The molecule has 210 valence electrons. The highest BCUT2D eigenvalue weighted by Gasteiger charge is 2.22. The first-order valence-corrected chi connectivity index (χ1v) is 15.3. The molecule has 0 spiro atoms. The van der Waals surface area contributed by atoms with Crippen LogP contribution in [0.1, 0.15) is 0 Å². The lowest BCUT2D eigenvalue weighted by Crippen LogP contribution is -1.95. The number of hydrogen-bond acceptors (Lipinski definition) is 2. The zero-order chi connectivity index (χ0) is 29.5. The number of furan rings is 2. The van der Waals surface area contributed by atoms with Crippen LogP contribution in [-0.2, 0) is 0 Å². The van der Waals surface area contributed by atoms with Crippen molar-refractivity contribution in [2.24, 2.45) is 0 Å². The van der Waals surface area contributed by atoms with Gasteiger partial charge in [0, 0.05) is 38.0 Å². The molecule has 10 rings (SSSR count). The van der Waals surface area contributed by atoms with E-state index in [-0.39, 0.29) is 0 Å². The van der Waals surface area contributed by atoms with E-state index in [0.717, 1.165) is 71.7 Å². The van der Waals surface area contributed by atoms with Crippen LogP contribution in [0.2, 0.25) is 0 Å². The molecule has 0 N–H and O–H groups in total. The topological polar surface area (TPSA) is 31.2 Å². The van der Waals surface area contributed by atoms with Crippen molar-refractivity contribution < 1.29 is 8.83 Å². The quantitative estimate of drug-likeness (QED) is 0.210. The fourth-order valence-corrected chi connectivity index (χ4v) is 7.17. The van der Waals surface area contributed by atoms with E-state index in [1.807, 2.05) is 18.2 Å². The number of hydrogen-bond donors (Lipinski definition) is 0. The van der Waals surface area contributed by atoms with Crippen LogP contribution in [0.5, 0.6) is 0 Å². The summed E-state index contributed by atoms with van der Waals surface area (Å²) >= 11 is 0. The van der Waals surface area contributed by atoms with Crippen LogP contribution in [0.25, 0.3) is 93.6 Å². The lowest BCUT2D eigenvalue weighted by molar-refractivity contribution is 0.669. The predicted molar refractivity (Wildman–Crippen MR) is 186 cm³/mol. The molecule has 0 radical (unpaired) electrons. The van der Waals surface area contributed by atoms with Crippen LogP contribution in [0.3, 0.4) is 0 Å². The Hall–Kier alpha value is -6.06. The molecule has 0 aliphatic heterocycles. The highest BCUT2D eigenvalue weighted by Crippen LogP contribution is 2.45. The summed E-state index contributed by atoms with van der Waals surface area (Å²) in [7, 11) is 0. The van der Waals surface area contributed by atoms with E-state index in [2.05, 4.69) is 138 Å². The molecule has 3 nitrogen and oxygen atoms in total. The zero-order valence-corrected chi connectivity index (χ0v) is 24.2. The Bertz CT molecular complexity index is 2760. The number of nitrogens with zero attached hydrogens (tertiary/aromatic N) is 1. The molecular weight excluding hydrogens is 550 g/mol. The predicted octanol–water partition coefficient (Wildman–Crippen LogP) is 11.9. The fraction of sp³-hybridized carbons (Fsp3) is 0. The van der Waals surface area contributed by atoms with Gasteiger partial charge in [0.2, 0.25) is 0 Å². The fourth-order valence-electron chi connectivity index (χ4n) is 7.17. The largest absolute Gasteiger partial charge is 0.456 e. The Balaban J connectivity index is 1.28. The van der Waals surface area contributed by atoms with Gasteiger partial charge in [-0.3, -0.25) is 0 Å². The molecule has 0 amide bonds. The molecule has 0 aliphatic carbocycles. The smallest absolute Gasteiger partial charge is 0.160 e. The highest BCUT2D eigenvalue weighted by molar-refractivity contribution is 6.26. The van der Waals surface area contributed by atoms with Gasteiger partial charge in [0.05, 0.1) is 11.0 Å². The monoisotopic (exact) mass is 575 g/mol. The maximum Gasteiger partial charge on any atom is 0.160 e. The van der Waals surface area contributed by atoms with Crippen molar-refractivity contribution in [3.8, 4) is 27.9 Å². The molecule has 0 fully saturated rings. The Labute approximate surface area is 258 Å². The second kappa shape index (κ2) is 9.22. The SMILES string of the molecule is c1ccc(-c2cc3c4ccccc4n(-c4cccc(-c5ccc6oc7ccccc7c6c5)c4)c3c3oc4ccccc4c23)cc1. The van der Waals surface area contributed by atoms with E-state index < -0.39 is 0 Å². The zero-order valence-electron chi connectivity index (χ0n) is 24.2. The van der Waals surface area contributed by atoms with E-state index >= 15 is 0 Å². The van der Waals surface area contributed by atoms with E-state index in [1.165, 1.54) is 21.9 Å². The van der Waals surface area contributed by atoms with Crippen molar-refractivity contribution in [2.45, 2.75) is 0 Å². The summed E-state index contributed by atoms with van der Waals surface area (Å²) in [5.41, 5.74) is 11.6. The van der Waals surface area contributed by atoms with Gasteiger partial charge in [0.1, 0.15) is 16.7 Å². The Morgan fingerprint density at radius 3 is 1.93 bits per heavy atom. The molecule has 0 unspecified atom stereocenters. The van der Waals surface area contributed by atoms with Gasteiger partial charge in [-0.05, 0) is 70.8 Å². The average molecular weight is 576 g/mol. The first kappa shape index (κ1) is 24.4. The highest BCUT2D eigenvalue weighted by atomic mass is 16.3. The maximum atomic E-state index is 6.78. The average Bonchev–Trinajstić information content (AvgIpc) is 3.78. The van der Waals surface area contributed by atoms with Gasteiger partial charge in [-0.2, -0.15) is 0 Å². The molecule has 0 saturated carbocycles. The molecule has 45 heavy (non-hydrogen) atoms. The van der Waals surface area contributed by atoms with Crippen LogP contribution < -0.4 is 0 Å². The molecule has 0 aliphatic rings. The molecular formula is C42H25NO2. The third-order valence-electron chi connectivity index (χ3n) is 9.18. The van der Waals surface area contributed by atoms with Gasteiger partial charge >= 0.3 is 0 Å². The number of fused-ring (bicyclic) bond motifs is 10. The standard InChI is InChI=1S/C42H25NO2/c1-2-11-26(12-3-1)33-25-35-30-15-4-7-18-36(30)43(41(35)42-40(33)32-17-6-9-20-38(32)45-42)29-14-10-13-27(23-29)28-21-22-39-34(24-28)31-16-5-8-19-37(31)44-39/h1-25H. The van der Waals surface area contributed by atoms with Crippen LogP contribution >= 0.6 is 0 Å². The Kier molecular flexibility index (Phi) is 5.00. The van der Waals surface area contributed by atoms with Gasteiger partial charge < -0.3 is 13.4 Å². The third-order valence-corrected chi connectivity index (χ3v) is 9.18. The normalized spacial score (nSPS) is 12.0. The molecule has 3 heteroatoms. The second-order valence-electron chi connectivity index (χ2n) is 11.7. The first-order chi connectivity index (χ1) is 22.3. The van der Waals surface area contributed by atoms with Crippen LogP contribution in [0.15, 0.2) is 160 Å². The van der Waals surface area contributed by atoms with Crippen molar-refractivity contribution in [1.82, 2.24) is 4.57 Å². The molecule has 0 saturated heterocycles.